The molecule has 0 spiro atoms. The molecule has 1 heterocycles. The first-order chi connectivity index (χ1) is 14.5. The number of hydrogen-bond acceptors (Lipinski definition) is 7. The average Bonchev–Trinajstić information content (AvgIpc) is 2.67. The maximum atomic E-state index is 10.3. The van der Waals surface area contributed by atoms with Gasteiger partial charge in [-0.05, 0) is 31.2 Å². The molecule has 0 amide bonds. The van der Waals surface area contributed by atoms with Crippen LogP contribution in [-0.4, -0.2) is 79.1 Å². The number of pyridine rings is 1. The molecular weight excluding hydrogens is 408 g/mol. The van der Waals surface area contributed by atoms with E-state index in [0.717, 1.165) is 18.4 Å². The van der Waals surface area contributed by atoms with E-state index in [0.29, 0.717) is 12.1 Å². The lowest BCUT2D eigenvalue weighted by atomic mass is 9.96. The van der Waals surface area contributed by atoms with Gasteiger partial charge in [-0.3, -0.25) is 19.5 Å². The molecule has 0 atom stereocenters. The summed E-state index contributed by atoms with van der Waals surface area (Å²) in [4.78, 5) is 36.8. The quantitative estimate of drug-likeness (QED) is 0.357. The van der Waals surface area contributed by atoms with Crippen LogP contribution in [0.4, 0.5) is 0 Å². The van der Waals surface area contributed by atoms with Crippen molar-refractivity contribution in [2.75, 3.05) is 20.1 Å². The third-order valence-electron chi connectivity index (χ3n) is 4.25. The molecule has 0 fully saturated rings. The van der Waals surface area contributed by atoms with Crippen molar-refractivity contribution in [2.45, 2.75) is 24.9 Å². The summed E-state index contributed by atoms with van der Waals surface area (Å²) < 4.78 is 0. The Morgan fingerprint density at radius 3 is 2.26 bits per heavy atom. The number of rotatable bonds is 9. The Bertz CT molecular complexity index is 967. The van der Waals surface area contributed by atoms with E-state index in [4.69, 9.17) is 26.8 Å². The number of aliphatic carboxylic acids is 3. The number of benzene rings is 1. The van der Waals surface area contributed by atoms with E-state index in [1.54, 1.807) is 12.3 Å². The molecule has 0 saturated heterocycles. The second-order valence-corrected chi connectivity index (χ2v) is 6.81. The van der Waals surface area contributed by atoms with Crippen molar-refractivity contribution in [2.24, 2.45) is 0 Å². The Morgan fingerprint density at radius 1 is 1.13 bits per heavy atom. The molecule has 2 aromatic rings. The van der Waals surface area contributed by atoms with E-state index < -0.39 is 36.4 Å². The summed E-state index contributed by atoms with van der Waals surface area (Å²) in [6.07, 6.45) is 5.57. The summed E-state index contributed by atoms with van der Waals surface area (Å²) in [6, 6.07) is 7.52. The Labute approximate surface area is 178 Å². The summed E-state index contributed by atoms with van der Waals surface area (Å²) in [7, 11) is 2.00. The van der Waals surface area contributed by atoms with E-state index in [2.05, 4.69) is 15.8 Å². The van der Waals surface area contributed by atoms with Gasteiger partial charge in [-0.2, -0.15) is 0 Å². The third-order valence-corrected chi connectivity index (χ3v) is 4.25. The number of terminal acetylenes is 1. The predicted octanol–water partition coefficient (Wildman–Crippen LogP) is 0.799. The molecule has 166 valence electrons. The number of carboxylic acids is 3. The molecular formula is C21H24N2O8. The van der Waals surface area contributed by atoms with E-state index >= 15 is 0 Å². The average molecular weight is 432 g/mol. The lowest BCUT2D eigenvalue weighted by Gasteiger charge is -2.18. The topological polar surface area (TPSA) is 168 Å². The van der Waals surface area contributed by atoms with Gasteiger partial charge in [0.1, 0.15) is 11.3 Å². The van der Waals surface area contributed by atoms with Gasteiger partial charge >= 0.3 is 17.9 Å². The molecule has 0 saturated carbocycles. The molecule has 31 heavy (non-hydrogen) atoms. The van der Waals surface area contributed by atoms with Crippen LogP contribution < -0.4 is 0 Å². The summed E-state index contributed by atoms with van der Waals surface area (Å²) >= 11 is 0. The number of nitrogens with zero attached hydrogens (tertiary/aromatic N) is 2. The highest BCUT2D eigenvalue weighted by Gasteiger charge is 2.40. The fourth-order valence-electron chi connectivity index (χ4n) is 2.70. The zero-order valence-electron chi connectivity index (χ0n) is 16.9. The maximum absolute atomic E-state index is 10.3. The van der Waals surface area contributed by atoms with E-state index in [1.807, 2.05) is 25.2 Å². The number of carboxylic acid groups (broad SMARTS) is 3. The van der Waals surface area contributed by atoms with Crippen molar-refractivity contribution in [1.82, 2.24) is 9.88 Å². The van der Waals surface area contributed by atoms with E-state index in [1.165, 1.54) is 5.56 Å². The summed E-state index contributed by atoms with van der Waals surface area (Å²) in [6.45, 7) is 1.53. The van der Waals surface area contributed by atoms with Gasteiger partial charge in [0, 0.05) is 18.1 Å². The van der Waals surface area contributed by atoms with Crippen LogP contribution in [0, 0.1) is 12.3 Å². The molecule has 0 unspecified atom stereocenters. The molecule has 0 bridgehead atoms. The smallest absolute Gasteiger partial charge is 0.336 e. The molecule has 0 aliphatic heterocycles. The molecule has 5 N–H and O–H groups in total. The zero-order chi connectivity index (χ0) is 23.6. The molecule has 0 aliphatic rings. The van der Waals surface area contributed by atoms with Crippen LogP contribution in [0.15, 0.2) is 30.5 Å². The van der Waals surface area contributed by atoms with Crippen LogP contribution in [0.1, 0.15) is 18.4 Å². The van der Waals surface area contributed by atoms with Crippen LogP contribution in [-0.2, 0) is 20.8 Å². The standard InChI is InChI=1S/C15H16N2O.C6H8O7/c1-3-10-17(2)11-8-12-6-7-14(18)15-13(12)5-4-9-16-15;7-3(8)1-6(13,5(11)12)2-4(9)10/h1,4-7,9,18H,8,10-11H2,2H3;13H,1-2H2,(H,7,8)(H,9,10)(H,11,12). The lowest BCUT2D eigenvalue weighted by Crippen LogP contribution is -2.42. The molecule has 10 heteroatoms. The van der Waals surface area contributed by atoms with Crippen LogP contribution >= 0.6 is 0 Å². The Hall–Kier alpha value is -3.68. The van der Waals surface area contributed by atoms with Gasteiger partial charge in [-0.25, -0.2) is 4.79 Å². The minimum atomic E-state index is -2.74. The van der Waals surface area contributed by atoms with Crippen molar-refractivity contribution < 1.29 is 39.9 Å². The van der Waals surface area contributed by atoms with Crippen LogP contribution in [0.25, 0.3) is 10.9 Å². The Balaban J connectivity index is 0.000000330. The fourth-order valence-corrected chi connectivity index (χ4v) is 2.70. The Morgan fingerprint density at radius 2 is 1.74 bits per heavy atom. The minimum Gasteiger partial charge on any atom is -0.506 e. The number of aliphatic hydroxyl groups is 1. The lowest BCUT2D eigenvalue weighted by molar-refractivity contribution is -0.170. The molecule has 0 radical (unpaired) electrons. The SMILES string of the molecule is C#CCN(C)CCc1ccc(O)c2ncccc12.O=C(O)CC(O)(CC(=O)O)C(=O)O. The molecule has 2 rings (SSSR count). The third kappa shape index (κ3) is 7.93. The number of likely N-dealkylation sites (N-methyl/N-ethyl adjacent to an activating group) is 1. The van der Waals surface area contributed by atoms with Crippen molar-refractivity contribution in [3.8, 4) is 18.1 Å². The zero-order valence-corrected chi connectivity index (χ0v) is 16.9. The first-order valence-electron chi connectivity index (χ1n) is 9.07. The molecule has 1 aromatic carbocycles. The van der Waals surface area contributed by atoms with Gasteiger partial charge in [0.2, 0.25) is 0 Å². The number of aromatic hydroxyl groups is 1. The highest BCUT2D eigenvalue weighted by molar-refractivity contribution is 5.88. The summed E-state index contributed by atoms with van der Waals surface area (Å²) in [5.74, 6) is -2.17. The molecule has 0 aliphatic carbocycles. The van der Waals surface area contributed by atoms with Gasteiger partial charge in [0.25, 0.3) is 0 Å². The Kier molecular flexibility index (Phi) is 9.40. The van der Waals surface area contributed by atoms with Gasteiger partial charge in [-0.1, -0.05) is 18.1 Å². The van der Waals surface area contributed by atoms with Gasteiger partial charge < -0.3 is 25.5 Å². The van der Waals surface area contributed by atoms with Gasteiger partial charge in [-0.15, -0.1) is 6.42 Å². The van der Waals surface area contributed by atoms with E-state index in [-0.39, 0.29) is 5.75 Å². The predicted molar refractivity (Wildman–Crippen MR) is 111 cm³/mol. The van der Waals surface area contributed by atoms with Crippen molar-refractivity contribution in [1.29, 1.82) is 0 Å². The van der Waals surface area contributed by atoms with E-state index in [9.17, 15) is 19.5 Å². The normalized spacial score (nSPS) is 10.8. The highest BCUT2D eigenvalue weighted by Crippen LogP contribution is 2.25. The number of phenolic OH excluding ortho intramolecular Hbond substituents is 1. The number of fused-ring (bicyclic) bond motifs is 1. The van der Waals surface area contributed by atoms with Crippen LogP contribution in [0.5, 0.6) is 5.75 Å². The van der Waals surface area contributed by atoms with Gasteiger partial charge in [0.15, 0.2) is 5.60 Å². The summed E-state index contributed by atoms with van der Waals surface area (Å²) in [5.41, 5.74) is -0.896. The molecule has 10 nitrogen and oxygen atoms in total. The van der Waals surface area contributed by atoms with Crippen molar-refractivity contribution in [3.05, 3.63) is 36.0 Å². The second-order valence-electron chi connectivity index (χ2n) is 6.81. The number of aromatic nitrogens is 1. The van der Waals surface area contributed by atoms with Crippen LogP contribution in [0.3, 0.4) is 0 Å². The molecule has 1 aromatic heterocycles. The van der Waals surface area contributed by atoms with Crippen molar-refractivity contribution >= 4 is 28.8 Å². The number of hydrogen-bond donors (Lipinski definition) is 5. The number of phenols is 1. The largest absolute Gasteiger partial charge is 0.506 e. The number of carbonyl (C=O) groups is 3. The highest BCUT2D eigenvalue weighted by atomic mass is 16.4. The maximum Gasteiger partial charge on any atom is 0.336 e. The first kappa shape index (κ1) is 25.4. The minimum absolute atomic E-state index is 0.228. The second kappa shape index (κ2) is 11.5. The van der Waals surface area contributed by atoms with Crippen molar-refractivity contribution in [3.63, 3.8) is 0 Å². The van der Waals surface area contributed by atoms with Gasteiger partial charge in [0.05, 0.1) is 19.4 Å². The summed E-state index contributed by atoms with van der Waals surface area (Å²) in [5, 5.41) is 44.6. The monoisotopic (exact) mass is 432 g/mol. The fraction of sp³-hybridized carbons (Fsp3) is 0.333. The van der Waals surface area contributed by atoms with Crippen LogP contribution in [0.2, 0.25) is 0 Å². The first-order valence-corrected chi connectivity index (χ1v) is 9.07.